The Balaban J connectivity index is 2.76. The lowest BCUT2D eigenvalue weighted by Gasteiger charge is -2.32. The molecule has 1 N–H and O–H groups in total. The van der Waals surface area contributed by atoms with Gasteiger partial charge in [0.05, 0.1) is 12.0 Å². The molecule has 0 radical (unpaired) electrons. The first-order valence-electron chi connectivity index (χ1n) is 6.47. The van der Waals surface area contributed by atoms with Crippen molar-refractivity contribution in [2.75, 3.05) is 27.7 Å². The molecule has 6 heteroatoms. The number of non-ortho nitro benzene ring substituents is 1. The van der Waals surface area contributed by atoms with Gasteiger partial charge in [0.25, 0.3) is 5.69 Å². The second kappa shape index (κ2) is 6.67. The molecule has 0 fully saturated rings. The normalized spacial score (nSPS) is 11.7. The number of nitrogens with one attached hydrogen (secondary N) is 1. The molecule has 0 bridgehead atoms. The predicted molar refractivity (Wildman–Crippen MR) is 79.1 cm³/mol. The van der Waals surface area contributed by atoms with Crippen LogP contribution in [-0.2, 0) is 6.54 Å². The number of hydrogen-bond acceptors (Lipinski definition) is 5. The molecule has 0 aliphatic heterocycles. The molecular formula is C14H23N3O3. The molecule has 0 spiro atoms. The second-order valence-corrected chi connectivity index (χ2v) is 5.56. The van der Waals surface area contributed by atoms with Gasteiger partial charge in [-0.3, -0.25) is 10.1 Å². The smallest absolute Gasteiger partial charge is 0.270 e. The first kappa shape index (κ1) is 16.4. The molecule has 1 aromatic rings. The van der Waals surface area contributed by atoms with Crippen LogP contribution in [0.4, 0.5) is 5.69 Å². The summed E-state index contributed by atoms with van der Waals surface area (Å²) in [6, 6.07) is 4.63. The number of nitro benzene ring substituents is 1. The lowest BCUT2D eigenvalue weighted by Crippen LogP contribution is -2.46. The maximum atomic E-state index is 10.8. The number of methoxy groups -OCH3 is 1. The maximum absolute atomic E-state index is 10.8. The van der Waals surface area contributed by atoms with E-state index >= 15 is 0 Å². The van der Waals surface area contributed by atoms with Gasteiger partial charge in [0.2, 0.25) is 0 Å². The number of rotatable bonds is 7. The fourth-order valence-corrected chi connectivity index (χ4v) is 1.68. The van der Waals surface area contributed by atoms with Crippen molar-refractivity contribution in [1.82, 2.24) is 10.2 Å². The standard InChI is InChI=1S/C14H23N3O3/c1-14(2,16(3)4)10-15-9-11-8-12(17(18)19)6-7-13(11)20-5/h6-8,15H,9-10H2,1-5H3. The zero-order valence-corrected chi connectivity index (χ0v) is 12.8. The molecule has 0 unspecified atom stereocenters. The largest absolute Gasteiger partial charge is 0.496 e. The van der Waals surface area contributed by atoms with E-state index in [-0.39, 0.29) is 11.2 Å². The molecule has 0 aliphatic rings. The van der Waals surface area contributed by atoms with Crippen LogP contribution in [0, 0.1) is 10.1 Å². The third kappa shape index (κ3) is 4.18. The van der Waals surface area contributed by atoms with Crippen molar-refractivity contribution in [1.29, 1.82) is 0 Å². The Labute approximate surface area is 119 Å². The van der Waals surface area contributed by atoms with Gasteiger partial charge in [-0.1, -0.05) is 0 Å². The molecule has 20 heavy (non-hydrogen) atoms. The number of ether oxygens (including phenoxy) is 1. The van der Waals surface area contributed by atoms with Crippen LogP contribution in [0.3, 0.4) is 0 Å². The number of hydrogen-bond donors (Lipinski definition) is 1. The van der Waals surface area contributed by atoms with Crippen LogP contribution in [-0.4, -0.2) is 43.1 Å². The highest BCUT2D eigenvalue weighted by Crippen LogP contribution is 2.24. The minimum atomic E-state index is -0.396. The molecule has 0 saturated carbocycles. The fraction of sp³-hybridized carbons (Fsp3) is 0.571. The Morgan fingerprint density at radius 3 is 2.55 bits per heavy atom. The summed E-state index contributed by atoms with van der Waals surface area (Å²) in [4.78, 5) is 12.5. The summed E-state index contributed by atoms with van der Waals surface area (Å²) >= 11 is 0. The van der Waals surface area contributed by atoms with Crippen molar-refractivity contribution < 1.29 is 9.66 Å². The van der Waals surface area contributed by atoms with Gasteiger partial charge in [-0.25, -0.2) is 0 Å². The highest BCUT2D eigenvalue weighted by Gasteiger charge is 2.20. The fourth-order valence-electron chi connectivity index (χ4n) is 1.68. The summed E-state index contributed by atoms with van der Waals surface area (Å²) < 4.78 is 5.24. The molecular weight excluding hydrogens is 258 g/mol. The van der Waals surface area contributed by atoms with Crippen molar-refractivity contribution in [3.05, 3.63) is 33.9 Å². The van der Waals surface area contributed by atoms with Crippen molar-refractivity contribution in [2.24, 2.45) is 0 Å². The van der Waals surface area contributed by atoms with E-state index < -0.39 is 4.92 Å². The van der Waals surface area contributed by atoms with Crippen LogP contribution in [0.5, 0.6) is 5.75 Å². The predicted octanol–water partition coefficient (Wildman–Crippen LogP) is 2.03. The Kier molecular flexibility index (Phi) is 5.47. The van der Waals surface area contributed by atoms with Gasteiger partial charge in [-0.05, 0) is 34.0 Å². The number of nitro groups is 1. The molecule has 0 atom stereocenters. The zero-order chi connectivity index (χ0) is 15.3. The number of likely N-dealkylation sites (N-methyl/N-ethyl adjacent to an activating group) is 1. The van der Waals surface area contributed by atoms with E-state index in [1.54, 1.807) is 19.2 Å². The summed E-state index contributed by atoms with van der Waals surface area (Å²) in [5.41, 5.74) is 0.874. The van der Waals surface area contributed by atoms with Gasteiger partial charge in [-0.2, -0.15) is 0 Å². The van der Waals surface area contributed by atoms with Crippen LogP contribution < -0.4 is 10.1 Å². The molecule has 0 aliphatic carbocycles. The highest BCUT2D eigenvalue weighted by atomic mass is 16.6. The van der Waals surface area contributed by atoms with E-state index in [0.717, 1.165) is 12.1 Å². The minimum Gasteiger partial charge on any atom is -0.496 e. The van der Waals surface area contributed by atoms with Gasteiger partial charge in [0, 0.05) is 36.3 Å². The maximum Gasteiger partial charge on any atom is 0.270 e. The Morgan fingerprint density at radius 1 is 1.40 bits per heavy atom. The summed E-state index contributed by atoms with van der Waals surface area (Å²) in [5, 5.41) is 14.1. The Hall–Kier alpha value is -1.66. The SMILES string of the molecule is COc1ccc([N+](=O)[O-])cc1CNCC(C)(C)N(C)C. The summed E-state index contributed by atoms with van der Waals surface area (Å²) in [5.74, 6) is 0.658. The van der Waals surface area contributed by atoms with E-state index in [2.05, 4.69) is 24.1 Å². The summed E-state index contributed by atoms with van der Waals surface area (Å²) in [7, 11) is 5.61. The van der Waals surface area contributed by atoms with Gasteiger partial charge < -0.3 is 15.0 Å². The van der Waals surface area contributed by atoms with Crippen LogP contribution >= 0.6 is 0 Å². The lowest BCUT2D eigenvalue weighted by atomic mass is 10.0. The monoisotopic (exact) mass is 281 g/mol. The summed E-state index contributed by atoms with van der Waals surface area (Å²) in [6.45, 7) is 5.56. The Bertz CT molecular complexity index is 473. The quantitative estimate of drug-likeness (QED) is 0.612. The van der Waals surface area contributed by atoms with E-state index in [1.807, 2.05) is 14.1 Å². The number of benzene rings is 1. The number of nitrogens with zero attached hydrogens (tertiary/aromatic N) is 2. The second-order valence-electron chi connectivity index (χ2n) is 5.56. The molecule has 1 rings (SSSR count). The van der Waals surface area contributed by atoms with E-state index in [0.29, 0.717) is 12.3 Å². The minimum absolute atomic E-state index is 0.00789. The van der Waals surface area contributed by atoms with Crippen molar-refractivity contribution in [2.45, 2.75) is 25.9 Å². The zero-order valence-electron chi connectivity index (χ0n) is 12.8. The first-order valence-corrected chi connectivity index (χ1v) is 6.47. The van der Waals surface area contributed by atoms with Gasteiger partial charge >= 0.3 is 0 Å². The topological polar surface area (TPSA) is 67.6 Å². The average molecular weight is 281 g/mol. The van der Waals surface area contributed by atoms with E-state index in [9.17, 15) is 10.1 Å². The third-order valence-electron chi connectivity index (χ3n) is 3.56. The highest BCUT2D eigenvalue weighted by molar-refractivity contribution is 5.43. The molecule has 0 aromatic heterocycles. The molecule has 1 aromatic carbocycles. The van der Waals surface area contributed by atoms with Crippen molar-refractivity contribution in [3.8, 4) is 5.75 Å². The van der Waals surface area contributed by atoms with E-state index in [4.69, 9.17) is 4.74 Å². The molecule has 112 valence electrons. The average Bonchev–Trinajstić information content (AvgIpc) is 2.38. The Morgan fingerprint density at radius 2 is 2.05 bits per heavy atom. The lowest BCUT2D eigenvalue weighted by molar-refractivity contribution is -0.384. The van der Waals surface area contributed by atoms with Gasteiger partial charge in [0.1, 0.15) is 5.75 Å². The first-order chi connectivity index (χ1) is 9.27. The van der Waals surface area contributed by atoms with Crippen LogP contribution in [0.1, 0.15) is 19.4 Å². The summed E-state index contributed by atoms with van der Waals surface area (Å²) in [6.07, 6.45) is 0. The van der Waals surface area contributed by atoms with Crippen LogP contribution in [0.25, 0.3) is 0 Å². The van der Waals surface area contributed by atoms with Crippen molar-refractivity contribution >= 4 is 5.69 Å². The van der Waals surface area contributed by atoms with Gasteiger partial charge in [-0.15, -0.1) is 0 Å². The molecule has 0 heterocycles. The third-order valence-corrected chi connectivity index (χ3v) is 3.56. The van der Waals surface area contributed by atoms with Gasteiger partial charge in [0.15, 0.2) is 0 Å². The molecule has 0 amide bonds. The van der Waals surface area contributed by atoms with Crippen LogP contribution in [0.15, 0.2) is 18.2 Å². The molecule has 0 saturated heterocycles. The van der Waals surface area contributed by atoms with Crippen molar-refractivity contribution in [3.63, 3.8) is 0 Å². The molecule has 6 nitrogen and oxygen atoms in total. The van der Waals surface area contributed by atoms with E-state index in [1.165, 1.54) is 6.07 Å². The van der Waals surface area contributed by atoms with Crippen LogP contribution in [0.2, 0.25) is 0 Å².